The molecule has 8 nitrogen and oxygen atoms in total. The highest BCUT2D eigenvalue weighted by Gasteiger charge is 2.20. The van der Waals surface area contributed by atoms with Crippen molar-refractivity contribution in [1.29, 1.82) is 0 Å². The number of aromatic carboxylic acids is 1. The van der Waals surface area contributed by atoms with Gasteiger partial charge in [-0.3, -0.25) is 9.69 Å². The van der Waals surface area contributed by atoms with E-state index in [0.717, 1.165) is 69.0 Å². The van der Waals surface area contributed by atoms with Crippen LogP contribution in [-0.4, -0.2) is 74.9 Å². The number of hydrogen-bond acceptors (Lipinski definition) is 6. The van der Waals surface area contributed by atoms with Gasteiger partial charge in [0.05, 0.1) is 36.6 Å². The van der Waals surface area contributed by atoms with Crippen molar-refractivity contribution < 1.29 is 24.2 Å². The maximum atomic E-state index is 13.6. The molecule has 3 aromatic rings. The van der Waals surface area contributed by atoms with Gasteiger partial charge in [-0.05, 0) is 47.9 Å². The van der Waals surface area contributed by atoms with E-state index in [-0.39, 0.29) is 11.3 Å². The molecule has 1 fully saturated rings. The number of carbonyl (C=O) groups excluding carboxylic acids is 1. The fraction of sp³-hybridized carbons (Fsp3) is 0.355. The fourth-order valence-electron chi connectivity index (χ4n) is 4.46. The first-order chi connectivity index (χ1) is 19.0. The summed E-state index contributed by atoms with van der Waals surface area (Å²) in [6.07, 6.45) is 1.84. The van der Waals surface area contributed by atoms with Gasteiger partial charge in [0.1, 0.15) is 5.75 Å². The van der Waals surface area contributed by atoms with Crippen LogP contribution >= 0.6 is 0 Å². The SMILES string of the molecule is CCCCOc1ccc(N(C)CCN2CCOCC2)cc1C(=O)Nc1cc(-c2ccccc2)ccc1C(=O)O. The Morgan fingerprint density at radius 2 is 1.77 bits per heavy atom. The minimum absolute atomic E-state index is 0.0234. The maximum absolute atomic E-state index is 13.6. The number of ether oxygens (including phenoxy) is 2. The van der Waals surface area contributed by atoms with Crippen molar-refractivity contribution in [3.63, 3.8) is 0 Å². The molecule has 1 saturated heterocycles. The molecule has 0 bridgehead atoms. The molecule has 0 atom stereocenters. The Morgan fingerprint density at radius 3 is 2.49 bits per heavy atom. The maximum Gasteiger partial charge on any atom is 0.337 e. The van der Waals surface area contributed by atoms with Gasteiger partial charge in [-0.25, -0.2) is 4.79 Å². The van der Waals surface area contributed by atoms with Crippen molar-refractivity contribution in [1.82, 2.24) is 4.90 Å². The standard InChI is InChI=1S/C31H37N3O5/c1-3-4-18-39-29-13-11-25(33(2)14-15-34-16-19-38-20-17-34)22-27(29)30(35)32-28-21-24(10-12-26(28)31(36)37)23-8-6-5-7-9-23/h5-13,21-22H,3-4,14-20H2,1-2H3,(H,32,35)(H,36,37). The summed E-state index contributed by atoms with van der Waals surface area (Å²) in [6, 6.07) is 20.2. The predicted octanol–water partition coefficient (Wildman–Crippen LogP) is 5.25. The van der Waals surface area contributed by atoms with E-state index in [9.17, 15) is 14.7 Å². The zero-order valence-electron chi connectivity index (χ0n) is 22.7. The second-order valence-corrected chi connectivity index (χ2v) is 9.64. The molecule has 1 aliphatic heterocycles. The number of unbranched alkanes of at least 4 members (excludes halogenated alkanes) is 1. The first-order valence-electron chi connectivity index (χ1n) is 13.5. The third-order valence-corrected chi connectivity index (χ3v) is 6.86. The number of nitrogens with one attached hydrogen (secondary N) is 1. The smallest absolute Gasteiger partial charge is 0.337 e. The molecule has 2 N–H and O–H groups in total. The second kappa shape index (κ2) is 13.8. The van der Waals surface area contributed by atoms with E-state index in [0.29, 0.717) is 17.9 Å². The summed E-state index contributed by atoms with van der Waals surface area (Å²) in [6.45, 7) is 7.59. The van der Waals surface area contributed by atoms with Gasteiger partial charge in [-0.1, -0.05) is 49.7 Å². The first-order valence-corrected chi connectivity index (χ1v) is 13.5. The highest BCUT2D eigenvalue weighted by atomic mass is 16.5. The lowest BCUT2D eigenvalue weighted by Crippen LogP contribution is -2.40. The molecule has 206 valence electrons. The minimum Gasteiger partial charge on any atom is -0.493 e. The van der Waals surface area contributed by atoms with E-state index >= 15 is 0 Å². The third-order valence-electron chi connectivity index (χ3n) is 6.86. The van der Waals surface area contributed by atoms with Gasteiger partial charge in [0, 0.05) is 38.9 Å². The quantitative estimate of drug-likeness (QED) is 0.309. The Bertz CT molecular complexity index is 1260. The van der Waals surface area contributed by atoms with Gasteiger partial charge in [-0.15, -0.1) is 0 Å². The van der Waals surface area contributed by atoms with E-state index in [1.54, 1.807) is 12.1 Å². The number of carbonyl (C=O) groups is 2. The number of benzene rings is 3. The monoisotopic (exact) mass is 531 g/mol. The first kappa shape index (κ1) is 28.1. The topological polar surface area (TPSA) is 91.3 Å². The van der Waals surface area contributed by atoms with E-state index in [2.05, 4.69) is 22.0 Å². The van der Waals surface area contributed by atoms with E-state index in [1.165, 1.54) is 6.07 Å². The van der Waals surface area contributed by atoms with Gasteiger partial charge < -0.3 is 24.8 Å². The van der Waals surface area contributed by atoms with Crippen LogP contribution in [0.3, 0.4) is 0 Å². The fourth-order valence-corrected chi connectivity index (χ4v) is 4.46. The normalized spacial score (nSPS) is 13.6. The predicted molar refractivity (Wildman–Crippen MR) is 154 cm³/mol. The van der Waals surface area contributed by atoms with Gasteiger partial charge in [0.2, 0.25) is 0 Å². The lowest BCUT2D eigenvalue weighted by molar-refractivity contribution is 0.0393. The number of morpholine rings is 1. The number of carboxylic acid groups (broad SMARTS) is 1. The molecule has 1 heterocycles. The molecule has 0 saturated carbocycles. The number of hydrogen-bond donors (Lipinski definition) is 2. The summed E-state index contributed by atoms with van der Waals surface area (Å²) in [7, 11) is 2.00. The Hall–Kier alpha value is -3.88. The van der Waals surface area contributed by atoms with Crippen LogP contribution in [0.2, 0.25) is 0 Å². The van der Waals surface area contributed by atoms with E-state index in [4.69, 9.17) is 9.47 Å². The molecule has 0 radical (unpaired) electrons. The molecule has 0 unspecified atom stereocenters. The second-order valence-electron chi connectivity index (χ2n) is 9.64. The van der Waals surface area contributed by atoms with Crippen LogP contribution in [0, 0.1) is 0 Å². The van der Waals surface area contributed by atoms with Crippen LogP contribution < -0.4 is 15.0 Å². The molecule has 0 spiro atoms. The van der Waals surface area contributed by atoms with E-state index in [1.807, 2.05) is 55.6 Å². The number of amides is 1. The summed E-state index contributed by atoms with van der Waals surface area (Å²) >= 11 is 0. The van der Waals surface area contributed by atoms with Crippen LogP contribution in [0.4, 0.5) is 11.4 Å². The van der Waals surface area contributed by atoms with Crippen LogP contribution in [0.5, 0.6) is 5.75 Å². The average molecular weight is 532 g/mol. The Labute approximate surface area is 230 Å². The lowest BCUT2D eigenvalue weighted by Gasteiger charge is -2.29. The lowest BCUT2D eigenvalue weighted by atomic mass is 10.0. The summed E-state index contributed by atoms with van der Waals surface area (Å²) in [5.41, 5.74) is 3.25. The highest BCUT2D eigenvalue weighted by Crippen LogP contribution is 2.29. The third kappa shape index (κ3) is 7.59. The summed E-state index contributed by atoms with van der Waals surface area (Å²) in [5, 5.41) is 12.7. The van der Waals surface area contributed by atoms with Crippen LogP contribution in [0.25, 0.3) is 11.1 Å². The number of nitrogens with zero attached hydrogens (tertiary/aromatic N) is 2. The summed E-state index contributed by atoms with van der Waals surface area (Å²) in [5.74, 6) is -1.05. The van der Waals surface area contributed by atoms with Crippen LogP contribution in [0.15, 0.2) is 66.7 Å². The van der Waals surface area contributed by atoms with Gasteiger partial charge >= 0.3 is 5.97 Å². The molecular weight excluding hydrogens is 494 g/mol. The van der Waals surface area contributed by atoms with Gasteiger partial charge in [-0.2, -0.15) is 0 Å². The Morgan fingerprint density at radius 1 is 1.00 bits per heavy atom. The van der Waals surface area contributed by atoms with Gasteiger partial charge in [0.15, 0.2) is 0 Å². The van der Waals surface area contributed by atoms with E-state index < -0.39 is 11.9 Å². The largest absolute Gasteiger partial charge is 0.493 e. The molecular formula is C31H37N3O5. The van der Waals surface area contributed by atoms with Crippen molar-refractivity contribution in [3.8, 4) is 16.9 Å². The molecule has 39 heavy (non-hydrogen) atoms. The van der Waals surface area contributed by atoms with Crippen LogP contribution in [-0.2, 0) is 4.74 Å². The number of rotatable bonds is 12. The number of likely N-dealkylation sites (N-methyl/N-ethyl adjacent to an activating group) is 1. The van der Waals surface area contributed by atoms with Crippen molar-refractivity contribution in [2.75, 3.05) is 63.3 Å². The van der Waals surface area contributed by atoms with Crippen molar-refractivity contribution in [2.24, 2.45) is 0 Å². The minimum atomic E-state index is -1.11. The molecule has 4 rings (SSSR count). The molecule has 1 aliphatic rings. The average Bonchev–Trinajstić information content (AvgIpc) is 2.97. The van der Waals surface area contributed by atoms with Gasteiger partial charge in [0.25, 0.3) is 5.91 Å². The van der Waals surface area contributed by atoms with Crippen molar-refractivity contribution in [2.45, 2.75) is 19.8 Å². The molecule has 0 aliphatic carbocycles. The van der Waals surface area contributed by atoms with Crippen molar-refractivity contribution >= 4 is 23.3 Å². The summed E-state index contributed by atoms with van der Waals surface area (Å²) in [4.78, 5) is 30.1. The zero-order chi connectivity index (χ0) is 27.6. The van der Waals surface area contributed by atoms with Crippen LogP contribution in [0.1, 0.15) is 40.5 Å². The Balaban J connectivity index is 1.59. The summed E-state index contributed by atoms with van der Waals surface area (Å²) < 4.78 is 11.4. The molecule has 1 amide bonds. The molecule has 8 heteroatoms. The zero-order valence-corrected chi connectivity index (χ0v) is 22.7. The van der Waals surface area contributed by atoms with Crippen molar-refractivity contribution in [3.05, 3.63) is 77.9 Å². The highest BCUT2D eigenvalue weighted by molar-refractivity contribution is 6.10. The molecule has 3 aromatic carbocycles. The number of anilines is 2. The number of carboxylic acids is 1. The Kier molecular flexibility index (Phi) is 9.94. The molecule has 0 aromatic heterocycles.